The minimum Gasteiger partial charge on any atom is -0.482 e. The standard InChI is InChI=1S/C17H13Cl3N2O/c1-11-5-2-3-6-14(11)23-16-13(19)9-12(18)10-17(16,20)15-7-4-8-21-22-15/h2-10,16H,1H3. The Morgan fingerprint density at radius 1 is 1.13 bits per heavy atom. The van der Waals surface area contributed by atoms with E-state index >= 15 is 0 Å². The summed E-state index contributed by atoms with van der Waals surface area (Å²) in [7, 11) is 0. The molecule has 0 N–H and O–H groups in total. The molecule has 0 radical (unpaired) electrons. The summed E-state index contributed by atoms with van der Waals surface area (Å²) in [6.45, 7) is 1.96. The fraction of sp³-hybridized carbons (Fsp3) is 0.176. The maximum Gasteiger partial charge on any atom is 0.163 e. The van der Waals surface area contributed by atoms with Gasteiger partial charge in [-0.2, -0.15) is 10.2 Å². The van der Waals surface area contributed by atoms with E-state index in [1.165, 1.54) is 0 Å². The lowest BCUT2D eigenvalue weighted by Crippen LogP contribution is -2.40. The van der Waals surface area contributed by atoms with E-state index in [4.69, 9.17) is 39.5 Å². The molecule has 3 nitrogen and oxygen atoms in total. The van der Waals surface area contributed by atoms with E-state index in [0.29, 0.717) is 21.5 Å². The molecule has 2 unspecified atom stereocenters. The van der Waals surface area contributed by atoms with Crippen molar-refractivity contribution in [3.63, 3.8) is 0 Å². The minimum absolute atomic E-state index is 0.404. The smallest absolute Gasteiger partial charge is 0.163 e. The largest absolute Gasteiger partial charge is 0.482 e. The highest BCUT2D eigenvalue weighted by Crippen LogP contribution is 2.44. The molecule has 0 amide bonds. The summed E-state index contributed by atoms with van der Waals surface area (Å²) in [5.41, 5.74) is 1.50. The summed E-state index contributed by atoms with van der Waals surface area (Å²) in [6.07, 6.45) is 4.22. The van der Waals surface area contributed by atoms with Crippen LogP contribution >= 0.6 is 34.8 Å². The number of nitrogens with zero attached hydrogens (tertiary/aromatic N) is 2. The molecular weight excluding hydrogens is 355 g/mol. The summed E-state index contributed by atoms with van der Waals surface area (Å²) < 4.78 is 6.11. The molecule has 0 saturated heterocycles. The van der Waals surface area contributed by atoms with Crippen LogP contribution in [0.2, 0.25) is 0 Å². The topological polar surface area (TPSA) is 35.0 Å². The Bertz CT molecular complexity index is 776. The van der Waals surface area contributed by atoms with Gasteiger partial charge < -0.3 is 4.74 Å². The SMILES string of the molecule is Cc1ccccc1OC1C(Cl)=CC(Cl)=CC1(Cl)c1cccnn1. The summed E-state index contributed by atoms with van der Waals surface area (Å²) in [6, 6.07) is 11.2. The van der Waals surface area contributed by atoms with E-state index in [2.05, 4.69) is 10.2 Å². The highest BCUT2D eigenvalue weighted by atomic mass is 35.5. The van der Waals surface area contributed by atoms with E-state index in [-0.39, 0.29) is 0 Å². The number of rotatable bonds is 3. The Labute approximate surface area is 149 Å². The molecule has 0 spiro atoms. The molecule has 0 saturated carbocycles. The number of hydrogen-bond acceptors (Lipinski definition) is 3. The van der Waals surface area contributed by atoms with Crippen LogP contribution < -0.4 is 4.74 Å². The molecule has 23 heavy (non-hydrogen) atoms. The predicted octanol–water partition coefficient (Wildman–Crippen LogP) is 4.93. The van der Waals surface area contributed by atoms with Crippen molar-refractivity contribution in [3.05, 3.63) is 76.1 Å². The van der Waals surface area contributed by atoms with E-state index in [9.17, 15) is 0 Å². The number of aryl methyl sites for hydroxylation is 1. The minimum atomic E-state index is -1.14. The van der Waals surface area contributed by atoms with Crippen LogP contribution in [-0.2, 0) is 4.87 Å². The lowest BCUT2D eigenvalue weighted by atomic mass is 9.92. The average Bonchev–Trinajstić information content (AvgIpc) is 2.53. The second-order valence-electron chi connectivity index (χ2n) is 5.20. The second-order valence-corrected chi connectivity index (χ2v) is 6.70. The van der Waals surface area contributed by atoms with Crippen LogP contribution in [0.25, 0.3) is 0 Å². The molecular formula is C17H13Cl3N2O. The molecule has 0 bridgehead atoms. The van der Waals surface area contributed by atoms with Crippen LogP contribution in [0.3, 0.4) is 0 Å². The van der Waals surface area contributed by atoms with E-state index < -0.39 is 11.0 Å². The molecule has 1 aromatic carbocycles. The van der Waals surface area contributed by atoms with Gasteiger partial charge in [-0.25, -0.2) is 0 Å². The first kappa shape index (κ1) is 16.3. The number of benzene rings is 1. The Kier molecular flexibility index (Phi) is 4.62. The molecule has 1 aromatic heterocycles. The van der Waals surface area contributed by atoms with E-state index in [0.717, 1.165) is 5.56 Å². The summed E-state index contributed by atoms with van der Waals surface area (Å²) in [5, 5.41) is 8.83. The number of ether oxygens (including phenoxy) is 1. The molecule has 0 fully saturated rings. The van der Waals surface area contributed by atoms with Crippen molar-refractivity contribution in [2.75, 3.05) is 0 Å². The van der Waals surface area contributed by atoms with E-state index in [1.54, 1.807) is 30.5 Å². The Morgan fingerprint density at radius 3 is 2.61 bits per heavy atom. The molecule has 3 rings (SSSR count). The van der Waals surface area contributed by atoms with Crippen molar-refractivity contribution in [1.82, 2.24) is 10.2 Å². The van der Waals surface area contributed by atoms with Gasteiger partial charge in [-0.05, 0) is 42.8 Å². The van der Waals surface area contributed by atoms with Gasteiger partial charge in [-0.3, -0.25) is 0 Å². The molecule has 0 aliphatic heterocycles. The van der Waals surface area contributed by atoms with Gasteiger partial charge >= 0.3 is 0 Å². The van der Waals surface area contributed by atoms with Crippen molar-refractivity contribution < 1.29 is 4.74 Å². The monoisotopic (exact) mass is 366 g/mol. The van der Waals surface area contributed by atoms with Crippen molar-refractivity contribution in [1.29, 1.82) is 0 Å². The zero-order chi connectivity index (χ0) is 16.4. The average molecular weight is 368 g/mol. The molecule has 2 aromatic rings. The zero-order valence-corrected chi connectivity index (χ0v) is 14.5. The van der Waals surface area contributed by atoms with Gasteiger partial charge in [0.2, 0.25) is 0 Å². The van der Waals surface area contributed by atoms with Crippen LogP contribution in [0.5, 0.6) is 5.75 Å². The Hall–Kier alpha value is -1.55. The number of allylic oxidation sites excluding steroid dienone is 2. The summed E-state index contributed by atoms with van der Waals surface area (Å²) in [4.78, 5) is -1.14. The van der Waals surface area contributed by atoms with Gasteiger partial charge in [-0.15, -0.1) is 11.6 Å². The lowest BCUT2D eigenvalue weighted by Gasteiger charge is -2.35. The third-order valence-electron chi connectivity index (χ3n) is 3.56. The van der Waals surface area contributed by atoms with Gasteiger partial charge in [0.1, 0.15) is 10.6 Å². The third kappa shape index (κ3) is 3.23. The first-order valence-corrected chi connectivity index (χ1v) is 8.09. The predicted molar refractivity (Wildman–Crippen MR) is 93.0 cm³/mol. The molecule has 6 heteroatoms. The van der Waals surface area contributed by atoms with Crippen molar-refractivity contribution in [2.45, 2.75) is 17.9 Å². The molecule has 1 aliphatic rings. The van der Waals surface area contributed by atoms with Crippen LogP contribution in [0.1, 0.15) is 11.3 Å². The molecule has 1 heterocycles. The van der Waals surface area contributed by atoms with E-state index in [1.807, 2.05) is 31.2 Å². The second kappa shape index (κ2) is 6.52. The maximum absolute atomic E-state index is 6.84. The van der Waals surface area contributed by atoms with Crippen LogP contribution in [0.4, 0.5) is 0 Å². The van der Waals surface area contributed by atoms with Gasteiger partial charge in [-0.1, -0.05) is 41.4 Å². The number of halogens is 3. The van der Waals surface area contributed by atoms with Crippen molar-refractivity contribution >= 4 is 34.8 Å². The number of aromatic nitrogens is 2. The Morgan fingerprint density at radius 2 is 1.91 bits per heavy atom. The highest BCUT2D eigenvalue weighted by Gasteiger charge is 2.45. The lowest BCUT2D eigenvalue weighted by molar-refractivity contribution is 0.206. The number of para-hydroxylation sites is 1. The first-order chi connectivity index (χ1) is 11.0. The third-order valence-corrected chi connectivity index (χ3v) is 4.59. The maximum atomic E-state index is 6.84. The van der Waals surface area contributed by atoms with Crippen molar-refractivity contribution in [3.8, 4) is 5.75 Å². The van der Waals surface area contributed by atoms with Crippen LogP contribution in [-0.4, -0.2) is 16.3 Å². The zero-order valence-electron chi connectivity index (χ0n) is 12.2. The van der Waals surface area contributed by atoms with Gasteiger partial charge in [0.05, 0.1) is 10.7 Å². The molecule has 1 aliphatic carbocycles. The Balaban J connectivity index is 2.05. The quantitative estimate of drug-likeness (QED) is 0.722. The first-order valence-electron chi connectivity index (χ1n) is 6.95. The normalized spacial score (nSPS) is 23.9. The molecule has 118 valence electrons. The van der Waals surface area contributed by atoms with Crippen LogP contribution in [0, 0.1) is 6.92 Å². The summed E-state index contributed by atoms with van der Waals surface area (Å²) in [5.74, 6) is 0.699. The van der Waals surface area contributed by atoms with Crippen LogP contribution in [0.15, 0.2) is 64.8 Å². The van der Waals surface area contributed by atoms with Gasteiger partial charge in [0.15, 0.2) is 6.10 Å². The highest BCUT2D eigenvalue weighted by molar-refractivity contribution is 6.38. The fourth-order valence-electron chi connectivity index (χ4n) is 2.40. The van der Waals surface area contributed by atoms with Gasteiger partial charge in [0, 0.05) is 11.2 Å². The number of alkyl halides is 1. The van der Waals surface area contributed by atoms with Crippen molar-refractivity contribution in [2.24, 2.45) is 0 Å². The number of hydrogen-bond donors (Lipinski definition) is 0. The summed E-state index contributed by atoms with van der Waals surface area (Å²) >= 11 is 19.4. The van der Waals surface area contributed by atoms with Gasteiger partial charge in [0.25, 0.3) is 0 Å². The fourth-order valence-corrected chi connectivity index (χ4v) is 3.57. The molecule has 2 atom stereocenters.